The van der Waals surface area contributed by atoms with Crippen LogP contribution in [-0.4, -0.2) is 105 Å². The Morgan fingerprint density at radius 2 is 1.76 bits per heavy atom. The summed E-state index contributed by atoms with van der Waals surface area (Å²) in [6.45, 7) is 11.2. The van der Waals surface area contributed by atoms with Crippen molar-refractivity contribution in [1.29, 1.82) is 0 Å². The van der Waals surface area contributed by atoms with Crippen molar-refractivity contribution in [2.24, 2.45) is 11.8 Å². The summed E-state index contributed by atoms with van der Waals surface area (Å²) in [5.74, 6) is -1.16. The molecule has 10 heteroatoms. The van der Waals surface area contributed by atoms with E-state index in [0.29, 0.717) is 57.8 Å². The first-order valence-corrected chi connectivity index (χ1v) is 15.1. The van der Waals surface area contributed by atoms with E-state index in [2.05, 4.69) is 9.80 Å². The number of morpholine rings is 1. The zero-order valence-electron chi connectivity index (χ0n) is 25.3. The highest BCUT2D eigenvalue weighted by Crippen LogP contribution is 2.27. The van der Waals surface area contributed by atoms with Gasteiger partial charge < -0.3 is 34.0 Å². The zero-order valence-corrected chi connectivity index (χ0v) is 25.3. The summed E-state index contributed by atoms with van der Waals surface area (Å²) in [6, 6.07) is 4.91. The molecule has 0 aliphatic carbocycles. The number of hydrogen-bond donors (Lipinski definition) is 1. The number of likely N-dealkylation sites (N-methyl/N-ethyl adjacent to an activating group) is 1. The van der Waals surface area contributed by atoms with Gasteiger partial charge in [0.15, 0.2) is 0 Å². The van der Waals surface area contributed by atoms with Gasteiger partial charge in [0.1, 0.15) is 18.0 Å². The number of halogens is 1. The van der Waals surface area contributed by atoms with Gasteiger partial charge in [0, 0.05) is 50.9 Å². The van der Waals surface area contributed by atoms with E-state index in [1.807, 2.05) is 52.1 Å². The largest absolute Gasteiger partial charge is 0.457 e. The smallest absolute Gasteiger partial charge is 0.410 e. The minimum atomic E-state index is -0.864. The second kappa shape index (κ2) is 15.0. The number of hydrogen-bond acceptors (Lipinski definition) is 8. The molecular formula is C32H46FN3O6. The number of anilines is 1. The summed E-state index contributed by atoms with van der Waals surface area (Å²) in [5, 5.41) is 10.6. The SMILES string of the molecule is C/C(=C\c1cc(F)cc(N2CCOCC2)c1)[C@H]1OC(=O)C[C@H](O)CC[C@H](C)[C@@H](OC(=O)N2CCN(C)CC2)/C=C/[C@@H]1C. The number of aliphatic hydroxyl groups is 1. The molecule has 1 N–H and O–H groups in total. The van der Waals surface area contributed by atoms with Crippen LogP contribution in [0, 0.1) is 17.7 Å². The average molecular weight is 588 g/mol. The molecule has 3 aliphatic heterocycles. The number of nitrogens with zero attached hydrogens (tertiary/aromatic N) is 3. The predicted molar refractivity (Wildman–Crippen MR) is 160 cm³/mol. The summed E-state index contributed by atoms with van der Waals surface area (Å²) in [5.41, 5.74) is 2.19. The van der Waals surface area contributed by atoms with Gasteiger partial charge in [-0.25, -0.2) is 9.18 Å². The normalized spacial score (nSPS) is 29.7. The first-order valence-electron chi connectivity index (χ1n) is 15.1. The van der Waals surface area contributed by atoms with Crippen molar-refractivity contribution in [3.63, 3.8) is 0 Å². The summed E-state index contributed by atoms with van der Waals surface area (Å²) >= 11 is 0. The minimum absolute atomic E-state index is 0.0593. The number of cyclic esters (lactones) is 1. The lowest BCUT2D eigenvalue weighted by Gasteiger charge is -2.33. The molecule has 42 heavy (non-hydrogen) atoms. The number of aliphatic hydroxyl groups excluding tert-OH is 1. The average Bonchev–Trinajstić information content (AvgIpc) is 2.96. The Morgan fingerprint density at radius 3 is 2.48 bits per heavy atom. The fourth-order valence-electron chi connectivity index (χ4n) is 5.66. The molecule has 3 heterocycles. The van der Waals surface area contributed by atoms with E-state index in [-0.39, 0.29) is 30.2 Å². The van der Waals surface area contributed by atoms with E-state index in [9.17, 15) is 19.1 Å². The van der Waals surface area contributed by atoms with E-state index in [1.165, 1.54) is 12.1 Å². The lowest BCUT2D eigenvalue weighted by molar-refractivity contribution is -0.151. The van der Waals surface area contributed by atoms with Crippen LogP contribution in [0.25, 0.3) is 6.08 Å². The molecule has 0 saturated carbocycles. The third kappa shape index (κ3) is 9.02. The highest BCUT2D eigenvalue weighted by Gasteiger charge is 2.29. The van der Waals surface area contributed by atoms with Crippen molar-refractivity contribution in [1.82, 2.24) is 9.80 Å². The Bertz CT molecular complexity index is 1130. The zero-order chi connectivity index (χ0) is 30.2. The maximum absolute atomic E-state index is 14.6. The quantitative estimate of drug-likeness (QED) is 0.416. The van der Waals surface area contributed by atoms with Crippen LogP contribution in [0.4, 0.5) is 14.9 Å². The van der Waals surface area contributed by atoms with E-state index in [4.69, 9.17) is 14.2 Å². The van der Waals surface area contributed by atoms with Gasteiger partial charge in [0.25, 0.3) is 0 Å². The number of amides is 1. The number of ether oxygens (including phenoxy) is 3. The van der Waals surface area contributed by atoms with Gasteiger partial charge in [0.05, 0.1) is 25.7 Å². The highest BCUT2D eigenvalue weighted by atomic mass is 19.1. The number of esters is 1. The second-order valence-corrected chi connectivity index (χ2v) is 11.9. The molecule has 0 bridgehead atoms. The van der Waals surface area contributed by atoms with Gasteiger partial charge >= 0.3 is 12.1 Å². The van der Waals surface area contributed by atoms with Crippen molar-refractivity contribution in [3.8, 4) is 0 Å². The Labute approximate surface area is 248 Å². The van der Waals surface area contributed by atoms with Crippen LogP contribution < -0.4 is 4.90 Å². The molecule has 232 valence electrons. The van der Waals surface area contributed by atoms with Crippen LogP contribution in [0.3, 0.4) is 0 Å². The van der Waals surface area contributed by atoms with Crippen LogP contribution in [0.15, 0.2) is 35.9 Å². The monoisotopic (exact) mass is 587 g/mol. The van der Waals surface area contributed by atoms with E-state index >= 15 is 0 Å². The Balaban J connectivity index is 1.56. The van der Waals surface area contributed by atoms with E-state index in [0.717, 1.165) is 24.4 Å². The van der Waals surface area contributed by atoms with Crippen LogP contribution in [0.1, 0.15) is 45.6 Å². The molecule has 0 radical (unpaired) electrons. The Morgan fingerprint density at radius 1 is 1.05 bits per heavy atom. The molecule has 2 fully saturated rings. The third-order valence-electron chi connectivity index (χ3n) is 8.38. The molecule has 2 saturated heterocycles. The maximum Gasteiger partial charge on any atom is 0.410 e. The molecule has 0 unspecified atom stereocenters. The van der Waals surface area contributed by atoms with Gasteiger partial charge in [-0.2, -0.15) is 0 Å². The third-order valence-corrected chi connectivity index (χ3v) is 8.38. The Hall–Kier alpha value is -2.95. The van der Waals surface area contributed by atoms with Gasteiger partial charge in [0.2, 0.25) is 0 Å². The fourth-order valence-corrected chi connectivity index (χ4v) is 5.66. The number of carbonyl (C=O) groups is 2. The number of piperazine rings is 1. The molecular weight excluding hydrogens is 541 g/mol. The molecule has 1 aromatic carbocycles. The van der Waals surface area contributed by atoms with Crippen molar-refractivity contribution in [2.75, 3.05) is 64.4 Å². The molecule has 9 nitrogen and oxygen atoms in total. The topological polar surface area (TPSA) is 91.8 Å². The van der Waals surface area contributed by atoms with Gasteiger partial charge in [-0.05, 0) is 68.1 Å². The highest BCUT2D eigenvalue weighted by molar-refractivity contribution is 5.71. The number of carbonyl (C=O) groups excluding carboxylic acids is 2. The van der Waals surface area contributed by atoms with Gasteiger partial charge in [-0.1, -0.05) is 26.0 Å². The molecule has 4 rings (SSSR count). The summed E-state index contributed by atoms with van der Waals surface area (Å²) in [4.78, 5) is 31.8. The maximum atomic E-state index is 14.6. The van der Waals surface area contributed by atoms with Crippen molar-refractivity contribution < 1.29 is 33.3 Å². The van der Waals surface area contributed by atoms with Crippen molar-refractivity contribution >= 4 is 23.8 Å². The first kappa shape index (κ1) is 32.0. The fraction of sp³-hybridized carbons (Fsp3) is 0.625. The molecule has 0 aromatic heterocycles. The molecule has 3 aliphatic rings. The Kier molecular flexibility index (Phi) is 11.4. The first-order chi connectivity index (χ1) is 20.1. The molecule has 5 atom stereocenters. The number of benzene rings is 1. The van der Waals surface area contributed by atoms with Crippen LogP contribution in [0.2, 0.25) is 0 Å². The lowest BCUT2D eigenvalue weighted by Crippen LogP contribution is -2.48. The second-order valence-electron chi connectivity index (χ2n) is 11.9. The summed E-state index contributed by atoms with van der Waals surface area (Å²) in [7, 11) is 2.03. The summed E-state index contributed by atoms with van der Waals surface area (Å²) in [6.07, 6.45) is 4.14. The van der Waals surface area contributed by atoms with Gasteiger partial charge in [-0.15, -0.1) is 0 Å². The van der Waals surface area contributed by atoms with Crippen LogP contribution in [-0.2, 0) is 19.0 Å². The summed E-state index contributed by atoms with van der Waals surface area (Å²) < 4.78 is 32.0. The van der Waals surface area contributed by atoms with Crippen molar-refractivity contribution in [2.45, 2.75) is 58.3 Å². The molecule has 1 aromatic rings. The van der Waals surface area contributed by atoms with Crippen molar-refractivity contribution in [3.05, 3.63) is 47.3 Å². The number of rotatable bonds is 4. The molecule has 0 spiro atoms. The van der Waals surface area contributed by atoms with Gasteiger partial charge in [-0.3, -0.25) is 4.79 Å². The van der Waals surface area contributed by atoms with Crippen LogP contribution in [0.5, 0.6) is 0 Å². The van der Waals surface area contributed by atoms with E-state index in [1.54, 1.807) is 4.90 Å². The van der Waals surface area contributed by atoms with Crippen LogP contribution >= 0.6 is 0 Å². The standard InChI is InChI=1S/C32H46FN3O6/c1-22-5-7-28(37)21-30(38)42-31(23(2)6-8-29(22)41-32(39)36-11-9-34(4)10-12-36)24(3)17-25-18-26(33)20-27(19-25)35-13-15-40-16-14-35/h6,8,17-20,22-23,28-29,31,37H,5,7,9-16,21H2,1-4H3/b8-6+,24-17+/t22-,23-,28+,29-,31-/m0/s1. The van der Waals surface area contributed by atoms with E-state index < -0.39 is 24.3 Å². The minimum Gasteiger partial charge on any atom is -0.457 e. The predicted octanol–water partition coefficient (Wildman–Crippen LogP) is 4.10. The lowest BCUT2D eigenvalue weighted by atomic mass is 9.91. The molecule has 1 amide bonds.